The average Bonchev–Trinajstić information content (AvgIpc) is 2.60. The van der Waals surface area contributed by atoms with Crippen LogP contribution in [-0.4, -0.2) is 21.2 Å². The van der Waals surface area contributed by atoms with E-state index in [1.54, 1.807) is 10.6 Å². The number of nitrogens with zero attached hydrogens (tertiary/aromatic N) is 2. The Hall–Kier alpha value is -2.12. The van der Waals surface area contributed by atoms with E-state index in [0.717, 1.165) is 10.2 Å². The highest BCUT2D eigenvalue weighted by molar-refractivity contribution is 9.10. The molecule has 0 saturated heterocycles. The number of rotatable bonds is 5. The first-order valence-corrected chi connectivity index (χ1v) is 9.54. The fourth-order valence-corrected chi connectivity index (χ4v) is 3.69. The van der Waals surface area contributed by atoms with Crippen LogP contribution in [0.15, 0.2) is 63.0 Å². The van der Waals surface area contributed by atoms with E-state index in [4.69, 9.17) is 0 Å². The summed E-state index contributed by atoms with van der Waals surface area (Å²) >= 11 is 4.63. The van der Waals surface area contributed by atoms with Gasteiger partial charge in [0.15, 0.2) is 5.16 Å². The minimum absolute atomic E-state index is 0.0806. The lowest BCUT2D eigenvalue weighted by molar-refractivity contribution is -0.113. The van der Waals surface area contributed by atoms with E-state index in [-0.39, 0.29) is 17.2 Å². The number of anilines is 1. The van der Waals surface area contributed by atoms with Gasteiger partial charge in [-0.1, -0.05) is 45.9 Å². The Morgan fingerprint density at radius 3 is 2.80 bits per heavy atom. The Balaban J connectivity index is 1.78. The molecule has 1 amide bonds. The highest BCUT2D eigenvalue weighted by atomic mass is 79.9. The van der Waals surface area contributed by atoms with E-state index in [9.17, 15) is 9.59 Å². The zero-order chi connectivity index (χ0) is 17.8. The molecule has 2 aromatic carbocycles. The largest absolute Gasteiger partial charge is 0.325 e. The lowest BCUT2D eigenvalue weighted by atomic mass is 10.2. The van der Waals surface area contributed by atoms with Gasteiger partial charge in [0.25, 0.3) is 5.56 Å². The molecule has 0 fully saturated rings. The Labute approximate surface area is 157 Å². The van der Waals surface area contributed by atoms with Crippen LogP contribution in [0.25, 0.3) is 10.9 Å². The van der Waals surface area contributed by atoms with Crippen LogP contribution >= 0.6 is 27.7 Å². The fourth-order valence-electron chi connectivity index (χ4n) is 2.43. The first kappa shape index (κ1) is 17.7. The van der Waals surface area contributed by atoms with Crippen molar-refractivity contribution < 1.29 is 4.79 Å². The van der Waals surface area contributed by atoms with Gasteiger partial charge in [0.05, 0.1) is 16.7 Å². The predicted octanol–water partition coefficient (Wildman–Crippen LogP) is 3.91. The van der Waals surface area contributed by atoms with Gasteiger partial charge in [-0.15, -0.1) is 0 Å². The molecular formula is C18H16BrN3O2S. The molecule has 3 aromatic rings. The van der Waals surface area contributed by atoms with Crippen molar-refractivity contribution in [3.05, 3.63) is 63.4 Å². The van der Waals surface area contributed by atoms with E-state index < -0.39 is 0 Å². The number of para-hydroxylation sites is 1. The van der Waals surface area contributed by atoms with Crippen LogP contribution < -0.4 is 10.9 Å². The third-order valence-electron chi connectivity index (χ3n) is 3.58. The molecule has 0 bridgehead atoms. The maximum absolute atomic E-state index is 12.6. The van der Waals surface area contributed by atoms with Crippen LogP contribution in [0.1, 0.15) is 6.92 Å². The molecule has 0 saturated carbocycles. The van der Waals surface area contributed by atoms with Gasteiger partial charge in [-0.05, 0) is 37.3 Å². The number of carbonyl (C=O) groups excluding carboxylic acids is 1. The summed E-state index contributed by atoms with van der Waals surface area (Å²) in [6.07, 6.45) is 0. The van der Waals surface area contributed by atoms with Gasteiger partial charge in [-0.3, -0.25) is 14.2 Å². The van der Waals surface area contributed by atoms with Crippen molar-refractivity contribution in [3.8, 4) is 0 Å². The molecule has 5 nitrogen and oxygen atoms in total. The Kier molecular flexibility index (Phi) is 5.55. The summed E-state index contributed by atoms with van der Waals surface area (Å²) in [5.74, 6) is 0.0326. The number of thioether (sulfide) groups is 1. The Bertz CT molecular complexity index is 987. The monoisotopic (exact) mass is 417 g/mol. The van der Waals surface area contributed by atoms with E-state index in [0.29, 0.717) is 22.6 Å². The van der Waals surface area contributed by atoms with Crippen molar-refractivity contribution in [2.75, 3.05) is 11.1 Å². The van der Waals surface area contributed by atoms with E-state index in [1.165, 1.54) is 11.8 Å². The van der Waals surface area contributed by atoms with Crippen LogP contribution in [0.3, 0.4) is 0 Å². The third kappa shape index (κ3) is 4.11. The van der Waals surface area contributed by atoms with Gasteiger partial charge < -0.3 is 5.32 Å². The fraction of sp³-hybridized carbons (Fsp3) is 0.167. The molecule has 0 atom stereocenters. The van der Waals surface area contributed by atoms with Crippen LogP contribution in [0.5, 0.6) is 0 Å². The molecule has 0 unspecified atom stereocenters. The number of amides is 1. The molecule has 3 rings (SSSR count). The van der Waals surface area contributed by atoms with Crippen LogP contribution in [0.2, 0.25) is 0 Å². The van der Waals surface area contributed by atoms with Crippen molar-refractivity contribution in [1.29, 1.82) is 0 Å². The first-order chi connectivity index (χ1) is 12.1. The number of fused-ring (bicyclic) bond motifs is 1. The second kappa shape index (κ2) is 7.84. The quantitative estimate of drug-likeness (QED) is 0.504. The zero-order valence-corrected chi connectivity index (χ0v) is 15.9. The Morgan fingerprint density at radius 2 is 2.04 bits per heavy atom. The molecule has 0 spiro atoms. The normalized spacial score (nSPS) is 10.8. The molecule has 0 radical (unpaired) electrons. The van der Waals surface area contributed by atoms with Gasteiger partial charge in [0.2, 0.25) is 5.91 Å². The van der Waals surface area contributed by atoms with Crippen molar-refractivity contribution in [3.63, 3.8) is 0 Å². The maximum Gasteiger partial charge on any atom is 0.262 e. The number of hydrogen-bond donors (Lipinski definition) is 1. The first-order valence-electron chi connectivity index (χ1n) is 7.76. The molecule has 0 aliphatic carbocycles. The van der Waals surface area contributed by atoms with Gasteiger partial charge in [-0.25, -0.2) is 4.98 Å². The molecule has 128 valence electrons. The highest BCUT2D eigenvalue weighted by Crippen LogP contribution is 2.19. The zero-order valence-electron chi connectivity index (χ0n) is 13.5. The van der Waals surface area contributed by atoms with Crippen molar-refractivity contribution >= 4 is 50.2 Å². The van der Waals surface area contributed by atoms with Gasteiger partial charge in [0.1, 0.15) is 0 Å². The summed E-state index contributed by atoms with van der Waals surface area (Å²) in [5, 5.41) is 3.98. The molecule has 25 heavy (non-hydrogen) atoms. The van der Waals surface area contributed by atoms with Crippen LogP contribution in [0, 0.1) is 0 Å². The topological polar surface area (TPSA) is 64.0 Å². The number of aromatic nitrogens is 2. The van der Waals surface area contributed by atoms with Gasteiger partial charge >= 0.3 is 0 Å². The third-order valence-corrected chi connectivity index (χ3v) is 5.05. The number of nitrogens with one attached hydrogen (secondary N) is 1. The number of halogens is 1. The second-order valence-electron chi connectivity index (χ2n) is 5.31. The molecule has 0 aliphatic heterocycles. The standard InChI is InChI=1S/C18H16BrN3O2S/c1-2-22-17(24)14-8-3-4-9-15(14)21-18(22)25-11-16(23)20-13-7-5-6-12(19)10-13/h3-10H,2,11H2,1H3,(H,20,23). The van der Waals surface area contributed by atoms with Crippen molar-refractivity contribution in [2.24, 2.45) is 0 Å². The van der Waals surface area contributed by atoms with Crippen LogP contribution in [-0.2, 0) is 11.3 Å². The molecule has 0 aliphatic rings. The second-order valence-corrected chi connectivity index (χ2v) is 7.17. The summed E-state index contributed by atoms with van der Waals surface area (Å²) in [6, 6.07) is 14.6. The van der Waals surface area contributed by atoms with E-state index in [2.05, 4.69) is 26.2 Å². The molecular weight excluding hydrogens is 402 g/mol. The molecule has 1 N–H and O–H groups in total. The van der Waals surface area contributed by atoms with Crippen molar-refractivity contribution in [1.82, 2.24) is 9.55 Å². The summed E-state index contributed by atoms with van der Waals surface area (Å²) in [7, 11) is 0. The molecule has 1 aromatic heterocycles. The lowest BCUT2D eigenvalue weighted by Gasteiger charge is -2.11. The SMILES string of the molecule is CCn1c(SCC(=O)Nc2cccc(Br)c2)nc2ccccc2c1=O. The van der Waals surface area contributed by atoms with Crippen molar-refractivity contribution in [2.45, 2.75) is 18.6 Å². The van der Waals surface area contributed by atoms with Crippen LogP contribution in [0.4, 0.5) is 5.69 Å². The van der Waals surface area contributed by atoms with E-state index >= 15 is 0 Å². The minimum Gasteiger partial charge on any atom is -0.325 e. The smallest absolute Gasteiger partial charge is 0.262 e. The molecule has 1 heterocycles. The van der Waals surface area contributed by atoms with Gasteiger partial charge in [0, 0.05) is 16.7 Å². The average molecular weight is 418 g/mol. The summed E-state index contributed by atoms with van der Waals surface area (Å²) in [4.78, 5) is 29.3. The van der Waals surface area contributed by atoms with Gasteiger partial charge in [-0.2, -0.15) is 0 Å². The summed E-state index contributed by atoms with van der Waals surface area (Å²) in [5.41, 5.74) is 1.29. The highest BCUT2D eigenvalue weighted by Gasteiger charge is 2.12. The number of benzene rings is 2. The summed E-state index contributed by atoms with van der Waals surface area (Å²) in [6.45, 7) is 2.40. The van der Waals surface area contributed by atoms with E-state index in [1.807, 2.05) is 49.4 Å². The lowest BCUT2D eigenvalue weighted by Crippen LogP contribution is -2.23. The Morgan fingerprint density at radius 1 is 1.24 bits per heavy atom. The predicted molar refractivity (Wildman–Crippen MR) is 105 cm³/mol. The number of carbonyl (C=O) groups is 1. The summed E-state index contributed by atoms with van der Waals surface area (Å²) < 4.78 is 2.49. The molecule has 7 heteroatoms. The minimum atomic E-state index is -0.145. The maximum atomic E-state index is 12.6. The number of hydrogen-bond acceptors (Lipinski definition) is 4.